The van der Waals surface area contributed by atoms with E-state index in [1.54, 1.807) is 0 Å². The first-order valence-electron chi connectivity index (χ1n) is 8.52. The smallest absolute Gasteiger partial charge is 0.239 e. The first-order chi connectivity index (χ1) is 9.75. The highest BCUT2D eigenvalue weighted by Crippen LogP contribution is 2.27. The Kier molecular flexibility index (Phi) is 4.61. The zero-order valence-corrected chi connectivity index (χ0v) is 12.8. The fourth-order valence-corrected chi connectivity index (χ4v) is 4.11. The SMILES string of the molecule is CC(C(=O)N1CCCCCC1)N1C[C@@H]2CCCN[C@@H]2C1. The van der Waals surface area contributed by atoms with Gasteiger partial charge in [-0.15, -0.1) is 0 Å². The fourth-order valence-electron chi connectivity index (χ4n) is 4.11. The van der Waals surface area contributed by atoms with Crippen molar-refractivity contribution in [1.29, 1.82) is 0 Å². The molecular formula is C16H29N3O. The summed E-state index contributed by atoms with van der Waals surface area (Å²) in [6.45, 7) is 7.39. The zero-order chi connectivity index (χ0) is 13.9. The Hall–Kier alpha value is -0.610. The summed E-state index contributed by atoms with van der Waals surface area (Å²) in [7, 11) is 0. The Balaban J connectivity index is 1.57. The molecule has 4 heteroatoms. The molecule has 4 nitrogen and oxygen atoms in total. The van der Waals surface area contributed by atoms with Crippen molar-refractivity contribution in [3.63, 3.8) is 0 Å². The molecule has 0 radical (unpaired) electrons. The lowest BCUT2D eigenvalue weighted by molar-refractivity contribution is -0.136. The Morgan fingerprint density at radius 3 is 2.55 bits per heavy atom. The first-order valence-corrected chi connectivity index (χ1v) is 8.52. The number of hydrogen-bond donors (Lipinski definition) is 1. The van der Waals surface area contributed by atoms with Crippen LogP contribution in [0.2, 0.25) is 0 Å². The molecule has 0 saturated carbocycles. The van der Waals surface area contributed by atoms with Crippen LogP contribution in [-0.4, -0.2) is 60.5 Å². The van der Waals surface area contributed by atoms with Gasteiger partial charge in [0.25, 0.3) is 0 Å². The molecule has 3 heterocycles. The normalized spacial score (nSPS) is 33.5. The van der Waals surface area contributed by atoms with E-state index in [1.165, 1.54) is 38.5 Å². The lowest BCUT2D eigenvalue weighted by Crippen LogP contribution is -2.47. The van der Waals surface area contributed by atoms with E-state index in [0.717, 1.165) is 38.6 Å². The van der Waals surface area contributed by atoms with Gasteiger partial charge in [0.15, 0.2) is 0 Å². The highest BCUT2D eigenvalue weighted by molar-refractivity contribution is 5.81. The summed E-state index contributed by atoms with van der Waals surface area (Å²) in [5.41, 5.74) is 0. The second kappa shape index (κ2) is 6.44. The molecular weight excluding hydrogens is 250 g/mol. The third kappa shape index (κ3) is 3.01. The molecule has 3 aliphatic rings. The highest BCUT2D eigenvalue weighted by Gasteiger charge is 2.38. The van der Waals surface area contributed by atoms with Crippen molar-refractivity contribution < 1.29 is 4.79 Å². The summed E-state index contributed by atoms with van der Waals surface area (Å²) in [6.07, 6.45) is 7.57. The predicted molar refractivity (Wildman–Crippen MR) is 80.6 cm³/mol. The van der Waals surface area contributed by atoms with Crippen LogP contribution in [0.3, 0.4) is 0 Å². The van der Waals surface area contributed by atoms with Gasteiger partial charge < -0.3 is 10.2 Å². The molecule has 3 atom stereocenters. The second-order valence-electron chi connectivity index (χ2n) is 6.83. The summed E-state index contributed by atoms with van der Waals surface area (Å²) in [6, 6.07) is 0.698. The van der Waals surface area contributed by atoms with Crippen molar-refractivity contribution in [2.45, 2.75) is 57.5 Å². The van der Waals surface area contributed by atoms with E-state index in [-0.39, 0.29) is 6.04 Å². The van der Waals surface area contributed by atoms with Crippen LogP contribution in [0, 0.1) is 5.92 Å². The van der Waals surface area contributed by atoms with Gasteiger partial charge in [0.2, 0.25) is 5.91 Å². The Morgan fingerprint density at radius 1 is 1.10 bits per heavy atom. The van der Waals surface area contributed by atoms with Crippen LogP contribution in [0.25, 0.3) is 0 Å². The Morgan fingerprint density at radius 2 is 1.85 bits per heavy atom. The number of nitrogens with zero attached hydrogens (tertiary/aromatic N) is 2. The first kappa shape index (κ1) is 14.3. The van der Waals surface area contributed by atoms with E-state index in [9.17, 15) is 4.79 Å². The molecule has 0 bridgehead atoms. The molecule has 0 aromatic heterocycles. The van der Waals surface area contributed by atoms with Crippen LogP contribution < -0.4 is 5.32 Å². The Labute approximate surface area is 122 Å². The van der Waals surface area contributed by atoms with Gasteiger partial charge in [0.1, 0.15) is 0 Å². The van der Waals surface area contributed by atoms with Gasteiger partial charge >= 0.3 is 0 Å². The third-order valence-electron chi connectivity index (χ3n) is 5.45. The minimum Gasteiger partial charge on any atom is -0.341 e. The van der Waals surface area contributed by atoms with E-state index in [2.05, 4.69) is 22.0 Å². The summed E-state index contributed by atoms with van der Waals surface area (Å²) in [5.74, 6) is 1.13. The number of piperidine rings is 1. The van der Waals surface area contributed by atoms with Crippen LogP contribution in [0.15, 0.2) is 0 Å². The number of rotatable bonds is 2. The largest absolute Gasteiger partial charge is 0.341 e. The zero-order valence-electron chi connectivity index (χ0n) is 12.8. The van der Waals surface area contributed by atoms with Crippen molar-refractivity contribution in [3.8, 4) is 0 Å². The molecule has 3 aliphatic heterocycles. The van der Waals surface area contributed by atoms with Crippen LogP contribution in [0.4, 0.5) is 0 Å². The number of carbonyl (C=O) groups is 1. The summed E-state index contributed by atoms with van der Waals surface area (Å²) in [4.78, 5) is 17.2. The maximum atomic E-state index is 12.7. The number of likely N-dealkylation sites (tertiary alicyclic amines) is 2. The molecule has 1 amide bonds. The Bertz CT molecular complexity index is 325. The van der Waals surface area contributed by atoms with Crippen molar-refractivity contribution in [2.24, 2.45) is 5.92 Å². The third-order valence-corrected chi connectivity index (χ3v) is 5.45. The minimum absolute atomic E-state index is 0.0699. The second-order valence-corrected chi connectivity index (χ2v) is 6.83. The molecule has 0 aromatic rings. The monoisotopic (exact) mass is 279 g/mol. The van der Waals surface area contributed by atoms with Crippen LogP contribution in [0.5, 0.6) is 0 Å². The van der Waals surface area contributed by atoms with E-state index in [0.29, 0.717) is 11.9 Å². The fraction of sp³-hybridized carbons (Fsp3) is 0.938. The molecule has 114 valence electrons. The standard InChI is InChI=1S/C16H29N3O/c1-13(16(20)18-9-4-2-3-5-10-18)19-11-14-7-6-8-17-15(14)12-19/h13-15,17H,2-12H2,1H3/t13?,14-,15+/m0/s1. The summed E-state index contributed by atoms with van der Waals surface area (Å²) >= 11 is 0. The number of amides is 1. The molecule has 3 rings (SSSR count). The molecule has 3 fully saturated rings. The van der Waals surface area contributed by atoms with Gasteiger partial charge in [0, 0.05) is 32.2 Å². The van der Waals surface area contributed by atoms with E-state index >= 15 is 0 Å². The van der Waals surface area contributed by atoms with Gasteiger partial charge in [-0.1, -0.05) is 12.8 Å². The van der Waals surface area contributed by atoms with Crippen LogP contribution in [-0.2, 0) is 4.79 Å². The van der Waals surface area contributed by atoms with Crippen molar-refractivity contribution in [1.82, 2.24) is 15.1 Å². The molecule has 0 spiro atoms. The van der Waals surface area contributed by atoms with Gasteiger partial charge in [-0.05, 0) is 45.1 Å². The predicted octanol–water partition coefficient (Wildman–Crippen LogP) is 1.46. The lowest BCUT2D eigenvalue weighted by atomic mass is 9.94. The summed E-state index contributed by atoms with van der Waals surface area (Å²) < 4.78 is 0. The lowest BCUT2D eigenvalue weighted by Gasteiger charge is -2.29. The van der Waals surface area contributed by atoms with E-state index < -0.39 is 0 Å². The molecule has 1 N–H and O–H groups in total. The highest BCUT2D eigenvalue weighted by atomic mass is 16.2. The maximum absolute atomic E-state index is 12.7. The molecule has 0 aliphatic carbocycles. The van der Waals surface area contributed by atoms with E-state index in [1.807, 2.05) is 0 Å². The topological polar surface area (TPSA) is 35.6 Å². The molecule has 20 heavy (non-hydrogen) atoms. The number of nitrogens with one attached hydrogen (secondary N) is 1. The minimum atomic E-state index is 0.0699. The quantitative estimate of drug-likeness (QED) is 0.831. The van der Waals surface area contributed by atoms with Crippen molar-refractivity contribution in [2.75, 3.05) is 32.7 Å². The molecule has 3 saturated heterocycles. The van der Waals surface area contributed by atoms with Gasteiger partial charge in [-0.25, -0.2) is 0 Å². The van der Waals surface area contributed by atoms with Crippen LogP contribution >= 0.6 is 0 Å². The van der Waals surface area contributed by atoms with Gasteiger partial charge in [-0.3, -0.25) is 9.69 Å². The number of fused-ring (bicyclic) bond motifs is 1. The summed E-state index contributed by atoms with van der Waals surface area (Å²) in [5, 5.41) is 3.63. The average Bonchev–Trinajstić information content (AvgIpc) is 2.72. The van der Waals surface area contributed by atoms with Crippen molar-refractivity contribution >= 4 is 5.91 Å². The number of carbonyl (C=O) groups excluding carboxylic acids is 1. The van der Waals surface area contributed by atoms with Crippen molar-refractivity contribution in [3.05, 3.63) is 0 Å². The van der Waals surface area contributed by atoms with Gasteiger partial charge in [-0.2, -0.15) is 0 Å². The van der Waals surface area contributed by atoms with Gasteiger partial charge in [0.05, 0.1) is 6.04 Å². The average molecular weight is 279 g/mol. The molecule has 1 unspecified atom stereocenters. The number of hydrogen-bond acceptors (Lipinski definition) is 3. The van der Waals surface area contributed by atoms with Crippen LogP contribution in [0.1, 0.15) is 45.4 Å². The molecule has 0 aromatic carbocycles. The maximum Gasteiger partial charge on any atom is 0.239 e. The van der Waals surface area contributed by atoms with E-state index in [4.69, 9.17) is 0 Å².